The topological polar surface area (TPSA) is 67.8 Å². The summed E-state index contributed by atoms with van der Waals surface area (Å²) in [5.41, 5.74) is 0.385. The highest BCUT2D eigenvalue weighted by Crippen LogP contribution is 2.34. The molecule has 0 fully saturated rings. The van der Waals surface area contributed by atoms with Crippen LogP contribution < -0.4 is 14.8 Å². The molecule has 0 saturated carbocycles. The van der Waals surface area contributed by atoms with Crippen LogP contribution in [0.15, 0.2) is 36.4 Å². The van der Waals surface area contributed by atoms with Crippen LogP contribution in [-0.2, 0) is 0 Å². The van der Waals surface area contributed by atoms with Gasteiger partial charge >= 0.3 is 0 Å². The Morgan fingerprint density at radius 1 is 1.17 bits per heavy atom. The minimum atomic E-state index is -0.927. The van der Waals surface area contributed by atoms with Crippen LogP contribution in [-0.4, -0.2) is 24.4 Å². The van der Waals surface area contributed by atoms with Crippen molar-refractivity contribution >= 4 is 5.91 Å². The van der Waals surface area contributed by atoms with Crippen LogP contribution in [0.2, 0.25) is 0 Å². The third-order valence-electron chi connectivity index (χ3n) is 3.66. The van der Waals surface area contributed by atoms with Gasteiger partial charge in [0, 0.05) is 12.6 Å². The maximum Gasteiger partial charge on any atom is 0.254 e. The average molecular weight is 335 g/mol. The minimum absolute atomic E-state index is 0.130. The van der Waals surface area contributed by atoms with E-state index >= 15 is 0 Å². The first-order valence-electron chi connectivity index (χ1n) is 7.35. The number of hydrogen-bond acceptors (Lipinski definition) is 4. The van der Waals surface area contributed by atoms with Gasteiger partial charge in [0.25, 0.3) is 5.91 Å². The molecular weight excluding hydrogens is 320 g/mol. The third kappa shape index (κ3) is 3.46. The lowest BCUT2D eigenvalue weighted by Gasteiger charge is -2.12. The fourth-order valence-corrected chi connectivity index (χ4v) is 2.38. The van der Waals surface area contributed by atoms with Crippen molar-refractivity contribution in [1.29, 1.82) is 0 Å². The van der Waals surface area contributed by atoms with Crippen LogP contribution in [0.5, 0.6) is 11.5 Å². The van der Waals surface area contributed by atoms with E-state index in [9.17, 15) is 18.7 Å². The molecule has 7 heteroatoms. The number of amides is 1. The Morgan fingerprint density at radius 2 is 1.96 bits per heavy atom. The van der Waals surface area contributed by atoms with E-state index in [0.29, 0.717) is 23.1 Å². The van der Waals surface area contributed by atoms with Crippen LogP contribution in [0, 0.1) is 11.6 Å². The first-order valence-corrected chi connectivity index (χ1v) is 7.35. The molecule has 1 aliphatic heterocycles. The predicted octanol–water partition coefficient (Wildman–Crippen LogP) is 2.55. The molecule has 24 heavy (non-hydrogen) atoms. The summed E-state index contributed by atoms with van der Waals surface area (Å²) in [6, 6.07) is 7.82. The summed E-state index contributed by atoms with van der Waals surface area (Å²) in [7, 11) is 0. The van der Waals surface area contributed by atoms with Crippen molar-refractivity contribution in [1.82, 2.24) is 5.32 Å². The fourth-order valence-electron chi connectivity index (χ4n) is 2.38. The van der Waals surface area contributed by atoms with Crippen molar-refractivity contribution in [3.8, 4) is 11.5 Å². The summed E-state index contributed by atoms with van der Waals surface area (Å²) < 4.78 is 36.8. The van der Waals surface area contributed by atoms with E-state index in [-0.39, 0.29) is 25.3 Å². The van der Waals surface area contributed by atoms with Gasteiger partial charge in [0.1, 0.15) is 11.6 Å². The van der Waals surface area contributed by atoms with E-state index in [1.165, 1.54) is 0 Å². The van der Waals surface area contributed by atoms with Crippen LogP contribution in [0.1, 0.15) is 28.4 Å². The van der Waals surface area contributed by atoms with E-state index < -0.39 is 23.6 Å². The number of carbonyl (C=O) groups is 1. The van der Waals surface area contributed by atoms with Crippen molar-refractivity contribution in [3.63, 3.8) is 0 Å². The number of fused-ring (bicyclic) bond motifs is 1. The highest BCUT2D eigenvalue weighted by atomic mass is 19.1. The maximum atomic E-state index is 13.5. The number of nitrogens with one attached hydrogen (secondary N) is 1. The van der Waals surface area contributed by atoms with Gasteiger partial charge in [-0.1, -0.05) is 6.07 Å². The highest BCUT2D eigenvalue weighted by molar-refractivity contribution is 5.94. The van der Waals surface area contributed by atoms with Crippen LogP contribution >= 0.6 is 0 Å². The monoisotopic (exact) mass is 335 g/mol. The maximum absolute atomic E-state index is 13.5. The molecule has 1 heterocycles. The molecular formula is C17H15F2NO4. The largest absolute Gasteiger partial charge is 0.454 e. The first-order chi connectivity index (χ1) is 11.5. The Kier molecular flexibility index (Phi) is 4.61. The number of ether oxygens (including phenoxy) is 2. The zero-order chi connectivity index (χ0) is 17.1. The van der Waals surface area contributed by atoms with Gasteiger partial charge in [-0.15, -0.1) is 0 Å². The number of rotatable bonds is 5. The summed E-state index contributed by atoms with van der Waals surface area (Å²) in [6.07, 6.45) is -0.591. The minimum Gasteiger partial charge on any atom is -0.454 e. The SMILES string of the molecule is O=C(NCCC(O)c1ccc2c(c1)OCO2)c1ccc(F)cc1F. The number of aliphatic hydroxyl groups excluding tert-OH is 1. The quantitative estimate of drug-likeness (QED) is 0.881. The molecule has 0 aromatic heterocycles. The van der Waals surface area contributed by atoms with Gasteiger partial charge in [-0.25, -0.2) is 8.78 Å². The first kappa shape index (κ1) is 16.2. The highest BCUT2D eigenvalue weighted by Gasteiger charge is 2.17. The van der Waals surface area contributed by atoms with Crippen molar-refractivity contribution < 1.29 is 28.2 Å². The van der Waals surface area contributed by atoms with Crippen LogP contribution in [0.3, 0.4) is 0 Å². The second kappa shape index (κ2) is 6.84. The fraction of sp³-hybridized carbons (Fsp3) is 0.235. The molecule has 5 nitrogen and oxygen atoms in total. The van der Waals surface area contributed by atoms with E-state index in [4.69, 9.17) is 9.47 Å². The lowest BCUT2D eigenvalue weighted by molar-refractivity contribution is 0.0938. The molecule has 0 bridgehead atoms. The van der Waals surface area contributed by atoms with Crippen molar-refractivity contribution in [2.75, 3.05) is 13.3 Å². The molecule has 2 N–H and O–H groups in total. The zero-order valence-electron chi connectivity index (χ0n) is 12.6. The Balaban J connectivity index is 1.55. The van der Waals surface area contributed by atoms with Crippen molar-refractivity contribution in [2.45, 2.75) is 12.5 Å². The van der Waals surface area contributed by atoms with Gasteiger partial charge < -0.3 is 19.9 Å². The Bertz CT molecular complexity index is 766. The Labute approximate surface area is 136 Å². The van der Waals surface area contributed by atoms with E-state index in [2.05, 4.69) is 5.32 Å². The molecule has 0 spiro atoms. The number of hydrogen-bond donors (Lipinski definition) is 2. The zero-order valence-corrected chi connectivity index (χ0v) is 12.6. The summed E-state index contributed by atoms with van der Waals surface area (Å²) >= 11 is 0. The second-order valence-electron chi connectivity index (χ2n) is 5.30. The molecule has 1 atom stereocenters. The second-order valence-corrected chi connectivity index (χ2v) is 5.30. The van der Waals surface area contributed by atoms with Gasteiger partial charge in [-0.05, 0) is 36.2 Å². The Morgan fingerprint density at radius 3 is 2.75 bits per heavy atom. The van der Waals surface area contributed by atoms with Crippen molar-refractivity contribution in [2.24, 2.45) is 0 Å². The molecule has 2 aromatic carbocycles. The normalized spacial score (nSPS) is 13.6. The molecule has 3 rings (SSSR count). The standard InChI is InChI=1S/C17H15F2NO4/c18-11-2-3-12(13(19)8-11)17(22)20-6-5-14(21)10-1-4-15-16(7-10)24-9-23-15/h1-4,7-8,14,21H,5-6,9H2,(H,20,22). The summed E-state index contributed by atoms with van der Waals surface area (Å²) in [6.45, 7) is 0.277. The molecule has 1 unspecified atom stereocenters. The molecule has 1 amide bonds. The molecule has 0 radical (unpaired) electrons. The van der Waals surface area contributed by atoms with E-state index in [1.54, 1.807) is 18.2 Å². The molecule has 1 aliphatic rings. The summed E-state index contributed by atoms with van der Waals surface area (Å²) in [4.78, 5) is 11.9. The van der Waals surface area contributed by atoms with E-state index in [0.717, 1.165) is 12.1 Å². The third-order valence-corrected chi connectivity index (χ3v) is 3.66. The van der Waals surface area contributed by atoms with Gasteiger partial charge in [0.2, 0.25) is 6.79 Å². The number of aliphatic hydroxyl groups is 1. The predicted molar refractivity (Wildman–Crippen MR) is 80.8 cm³/mol. The molecule has 126 valence electrons. The molecule has 0 aliphatic carbocycles. The van der Waals surface area contributed by atoms with Gasteiger partial charge in [-0.3, -0.25) is 4.79 Å². The van der Waals surface area contributed by atoms with E-state index in [1.807, 2.05) is 0 Å². The average Bonchev–Trinajstić information content (AvgIpc) is 3.02. The molecule has 0 saturated heterocycles. The van der Waals surface area contributed by atoms with Crippen LogP contribution in [0.4, 0.5) is 8.78 Å². The van der Waals surface area contributed by atoms with Gasteiger partial charge in [0.15, 0.2) is 11.5 Å². The smallest absolute Gasteiger partial charge is 0.254 e. The molecule has 2 aromatic rings. The van der Waals surface area contributed by atoms with Gasteiger partial charge in [-0.2, -0.15) is 0 Å². The summed E-state index contributed by atoms with van der Waals surface area (Å²) in [5.74, 6) is -1.16. The van der Waals surface area contributed by atoms with Gasteiger partial charge in [0.05, 0.1) is 11.7 Å². The number of benzene rings is 2. The number of halogens is 2. The van der Waals surface area contributed by atoms with Crippen LogP contribution in [0.25, 0.3) is 0 Å². The number of carbonyl (C=O) groups excluding carboxylic acids is 1. The Hall–Kier alpha value is -2.67. The van der Waals surface area contributed by atoms with Crippen molar-refractivity contribution in [3.05, 3.63) is 59.2 Å². The lowest BCUT2D eigenvalue weighted by atomic mass is 10.1. The summed E-state index contributed by atoms with van der Waals surface area (Å²) in [5, 5.41) is 12.6. The lowest BCUT2D eigenvalue weighted by Crippen LogP contribution is -2.26.